The molecule has 0 fully saturated rings. The van der Waals surface area contributed by atoms with Gasteiger partial charge in [0.25, 0.3) is 0 Å². The summed E-state index contributed by atoms with van der Waals surface area (Å²) in [5, 5.41) is 9.22. The molecule has 0 aromatic heterocycles. The van der Waals surface area contributed by atoms with Crippen LogP contribution in [0.15, 0.2) is 42.5 Å². The van der Waals surface area contributed by atoms with Crippen molar-refractivity contribution >= 4 is 5.97 Å². The normalized spacial score (nSPS) is 16.9. The summed E-state index contributed by atoms with van der Waals surface area (Å²) < 4.78 is 0. The predicted octanol–water partition coefficient (Wildman–Crippen LogP) is 4.31. The van der Waals surface area contributed by atoms with Crippen LogP contribution in [0.5, 0.6) is 0 Å². The molecule has 24 heavy (non-hydrogen) atoms. The second kappa shape index (κ2) is 7.18. The molecule has 2 aromatic rings. The van der Waals surface area contributed by atoms with Crippen LogP contribution < -0.4 is 0 Å². The third-order valence-corrected chi connectivity index (χ3v) is 4.82. The van der Waals surface area contributed by atoms with E-state index in [0.29, 0.717) is 0 Å². The van der Waals surface area contributed by atoms with Crippen LogP contribution in [-0.2, 0) is 17.8 Å². The van der Waals surface area contributed by atoms with Gasteiger partial charge in [0.1, 0.15) is 0 Å². The first-order valence-electron chi connectivity index (χ1n) is 8.62. The van der Waals surface area contributed by atoms with Gasteiger partial charge >= 0.3 is 5.97 Å². The molecule has 126 valence electrons. The summed E-state index contributed by atoms with van der Waals surface area (Å²) in [7, 11) is 4.15. The fraction of sp³-hybridized carbons (Fsp3) is 0.381. The molecule has 0 bridgehead atoms. The molecule has 3 rings (SSSR count). The monoisotopic (exact) mass is 323 g/mol. The van der Waals surface area contributed by atoms with Crippen molar-refractivity contribution in [1.82, 2.24) is 4.90 Å². The first-order chi connectivity index (χ1) is 11.5. The Bertz CT molecular complexity index is 736. The number of carboxylic acids is 1. The summed E-state index contributed by atoms with van der Waals surface area (Å²) in [5.41, 5.74) is 6.30. The maximum absolute atomic E-state index is 11.2. The zero-order chi connectivity index (χ0) is 17.1. The molecule has 0 radical (unpaired) electrons. The molecule has 1 unspecified atom stereocenters. The van der Waals surface area contributed by atoms with Gasteiger partial charge in [-0.3, -0.25) is 4.79 Å². The maximum atomic E-state index is 11.2. The lowest BCUT2D eigenvalue weighted by Crippen LogP contribution is -2.14. The average molecular weight is 323 g/mol. The highest BCUT2D eigenvalue weighted by molar-refractivity contribution is 5.71. The van der Waals surface area contributed by atoms with Crippen LogP contribution in [0.1, 0.15) is 41.9 Å². The van der Waals surface area contributed by atoms with Gasteiger partial charge < -0.3 is 10.0 Å². The van der Waals surface area contributed by atoms with E-state index in [-0.39, 0.29) is 12.3 Å². The Morgan fingerprint density at radius 1 is 1.21 bits per heavy atom. The van der Waals surface area contributed by atoms with Gasteiger partial charge in [-0.25, -0.2) is 0 Å². The van der Waals surface area contributed by atoms with Crippen molar-refractivity contribution < 1.29 is 9.90 Å². The molecule has 1 aliphatic carbocycles. The zero-order valence-corrected chi connectivity index (χ0v) is 14.5. The third-order valence-electron chi connectivity index (χ3n) is 4.82. The smallest absolute Gasteiger partial charge is 0.303 e. The first-order valence-corrected chi connectivity index (χ1v) is 8.62. The Kier molecular flexibility index (Phi) is 5.00. The molecule has 0 saturated heterocycles. The minimum atomic E-state index is -0.703. The molecule has 0 saturated carbocycles. The third kappa shape index (κ3) is 3.68. The number of hydrogen-bond donors (Lipinski definition) is 1. The van der Waals surface area contributed by atoms with Gasteiger partial charge in [-0.05, 0) is 67.1 Å². The van der Waals surface area contributed by atoms with E-state index in [9.17, 15) is 9.90 Å². The largest absolute Gasteiger partial charge is 0.481 e. The SMILES string of the molecule is CN(C)Cc1ccccc1-c1ccc2c(c1)C(CC(=O)O)CCC2. The Morgan fingerprint density at radius 3 is 2.75 bits per heavy atom. The van der Waals surface area contributed by atoms with Gasteiger partial charge in [-0.2, -0.15) is 0 Å². The topological polar surface area (TPSA) is 40.5 Å². The summed E-state index contributed by atoms with van der Waals surface area (Å²) in [6, 6.07) is 15.1. The Balaban J connectivity index is 2.00. The minimum Gasteiger partial charge on any atom is -0.481 e. The fourth-order valence-electron chi connectivity index (χ4n) is 3.77. The van der Waals surface area contributed by atoms with Gasteiger partial charge in [-0.1, -0.05) is 42.5 Å². The van der Waals surface area contributed by atoms with E-state index in [2.05, 4.69) is 61.5 Å². The molecule has 0 amide bonds. The molecule has 0 aliphatic heterocycles. The molecule has 0 spiro atoms. The van der Waals surface area contributed by atoms with Gasteiger partial charge in [0.15, 0.2) is 0 Å². The van der Waals surface area contributed by atoms with Crippen LogP contribution in [-0.4, -0.2) is 30.1 Å². The van der Waals surface area contributed by atoms with E-state index in [1.165, 1.54) is 27.8 Å². The van der Waals surface area contributed by atoms with Crippen molar-refractivity contribution in [3.8, 4) is 11.1 Å². The van der Waals surface area contributed by atoms with Crippen LogP contribution in [0.2, 0.25) is 0 Å². The van der Waals surface area contributed by atoms with Crippen molar-refractivity contribution in [1.29, 1.82) is 0 Å². The number of fused-ring (bicyclic) bond motifs is 1. The van der Waals surface area contributed by atoms with Crippen LogP contribution >= 0.6 is 0 Å². The summed E-state index contributed by atoms with van der Waals surface area (Å²) >= 11 is 0. The lowest BCUT2D eigenvalue weighted by molar-refractivity contribution is -0.137. The maximum Gasteiger partial charge on any atom is 0.303 e. The van der Waals surface area contributed by atoms with Crippen LogP contribution in [0.25, 0.3) is 11.1 Å². The first kappa shape index (κ1) is 16.7. The van der Waals surface area contributed by atoms with Crippen LogP contribution in [0.4, 0.5) is 0 Å². The Hall–Kier alpha value is -2.13. The standard InChI is InChI=1S/C21H25NO2/c1-22(2)14-18-6-3-4-9-19(18)17-11-10-15-7-5-8-16(13-21(23)24)20(15)12-17/h3-4,6,9-12,16H,5,7-8,13-14H2,1-2H3,(H,23,24). The van der Waals surface area contributed by atoms with Crippen molar-refractivity contribution in [2.24, 2.45) is 0 Å². The van der Waals surface area contributed by atoms with Gasteiger partial charge in [0.2, 0.25) is 0 Å². The molecule has 3 nitrogen and oxygen atoms in total. The summed E-state index contributed by atoms with van der Waals surface area (Å²) in [6.07, 6.45) is 3.35. The molecule has 3 heteroatoms. The van der Waals surface area contributed by atoms with Gasteiger partial charge in [0.05, 0.1) is 6.42 Å². The molecular weight excluding hydrogens is 298 g/mol. The predicted molar refractivity (Wildman–Crippen MR) is 97.2 cm³/mol. The van der Waals surface area contributed by atoms with Gasteiger partial charge in [-0.15, -0.1) is 0 Å². The Labute approximate surface area is 143 Å². The van der Waals surface area contributed by atoms with E-state index in [1.807, 2.05) is 0 Å². The highest BCUT2D eigenvalue weighted by Gasteiger charge is 2.23. The number of aliphatic carboxylic acids is 1. The summed E-state index contributed by atoms with van der Waals surface area (Å²) in [5.74, 6) is -0.557. The van der Waals surface area contributed by atoms with E-state index in [4.69, 9.17) is 0 Å². The summed E-state index contributed by atoms with van der Waals surface area (Å²) in [6.45, 7) is 0.895. The van der Waals surface area contributed by atoms with Crippen LogP contribution in [0.3, 0.4) is 0 Å². The van der Waals surface area contributed by atoms with E-state index >= 15 is 0 Å². The average Bonchev–Trinajstić information content (AvgIpc) is 2.54. The van der Waals surface area contributed by atoms with Crippen molar-refractivity contribution in [2.75, 3.05) is 14.1 Å². The lowest BCUT2D eigenvalue weighted by atomic mass is 9.79. The number of hydrogen-bond acceptors (Lipinski definition) is 2. The van der Waals surface area contributed by atoms with E-state index in [1.54, 1.807) is 0 Å². The molecule has 2 aromatic carbocycles. The zero-order valence-electron chi connectivity index (χ0n) is 14.5. The van der Waals surface area contributed by atoms with Crippen molar-refractivity contribution in [3.05, 3.63) is 59.2 Å². The van der Waals surface area contributed by atoms with Crippen molar-refractivity contribution in [2.45, 2.75) is 38.1 Å². The molecular formula is C21H25NO2. The molecule has 1 N–H and O–H groups in total. The highest BCUT2D eigenvalue weighted by atomic mass is 16.4. The highest BCUT2D eigenvalue weighted by Crippen LogP contribution is 2.37. The molecule has 0 heterocycles. The van der Waals surface area contributed by atoms with E-state index < -0.39 is 5.97 Å². The summed E-state index contributed by atoms with van der Waals surface area (Å²) in [4.78, 5) is 13.4. The van der Waals surface area contributed by atoms with Crippen LogP contribution in [0, 0.1) is 0 Å². The number of rotatable bonds is 5. The van der Waals surface area contributed by atoms with E-state index in [0.717, 1.165) is 25.8 Å². The lowest BCUT2D eigenvalue weighted by Gasteiger charge is -2.25. The Morgan fingerprint density at radius 2 is 2.00 bits per heavy atom. The number of aryl methyl sites for hydroxylation is 1. The molecule has 1 atom stereocenters. The van der Waals surface area contributed by atoms with Crippen molar-refractivity contribution in [3.63, 3.8) is 0 Å². The minimum absolute atomic E-state index is 0.146. The number of nitrogens with zero attached hydrogens (tertiary/aromatic N) is 1. The quantitative estimate of drug-likeness (QED) is 0.891. The second-order valence-corrected chi connectivity index (χ2v) is 7.00. The number of carboxylic acid groups (broad SMARTS) is 1. The number of carbonyl (C=O) groups is 1. The van der Waals surface area contributed by atoms with Gasteiger partial charge in [0, 0.05) is 6.54 Å². The fourth-order valence-corrected chi connectivity index (χ4v) is 3.77. The second-order valence-electron chi connectivity index (χ2n) is 7.00. The number of benzene rings is 2. The molecule has 1 aliphatic rings.